The van der Waals surface area contributed by atoms with E-state index in [4.69, 9.17) is 4.84 Å². The summed E-state index contributed by atoms with van der Waals surface area (Å²) in [4.78, 5) is 16.5. The molecule has 0 rings (SSSR count). The van der Waals surface area contributed by atoms with Crippen molar-refractivity contribution in [3.8, 4) is 0 Å². The lowest BCUT2D eigenvalue weighted by atomic mass is 10.2. The Labute approximate surface area is 88.5 Å². The van der Waals surface area contributed by atoms with Crippen LogP contribution in [-0.4, -0.2) is 29.5 Å². The fraction of sp³-hybridized carbons (Fsp3) is 0.889. The lowest BCUT2D eigenvalue weighted by Gasteiger charge is -2.23. The molecule has 0 heterocycles. The third-order valence-corrected chi connectivity index (χ3v) is 2.25. The lowest BCUT2D eigenvalue weighted by Crippen LogP contribution is -2.35. The minimum atomic E-state index is 0.0680. The first-order valence-corrected chi connectivity index (χ1v) is 5.67. The highest BCUT2D eigenvalue weighted by Gasteiger charge is 2.15. The highest BCUT2D eigenvalue weighted by molar-refractivity contribution is 9.09. The van der Waals surface area contributed by atoms with Gasteiger partial charge in [-0.15, -0.1) is 0 Å². The molecule has 0 saturated heterocycles. The summed E-state index contributed by atoms with van der Waals surface area (Å²) in [6.45, 7) is 3.87. The van der Waals surface area contributed by atoms with Gasteiger partial charge in [-0.2, -0.15) is 0 Å². The van der Waals surface area contributed by atoms with Crippen LogP contribution in [0.5, 0.6) is 0 Å². The molecule has 13 heavy (non-hydrogen) atoms. The van der Waals surface area contributed by atoms with E-state index in [1.165, 1.54) is 12.2 Å². The van der Waals surface area contributed by atoms with Crippen LogP contribution in [0.4, 0.5) is 0 Å². The van der Waals surface area contributed by atoms with E-state index in [1.807, 2.05) is 13.8 Å². The van der Waals surface area contributed by atoms with E-state index in [0.29, 0.717) is 6.42 Å². The van der Waals surface area contributed by atoms with Crippen LogP contribution in [0.2, 0.25) is 0 Å². The second kappa shape index (κ2) is 7.33. The van der Waals surface area contributed by atoms with Crippen molar-refractivity contribution < 1.29 is 9.63 Å². The zero-order valence-electron chi connectivity index (χ0n) is 8.55. The average molecular weight is 252 g/mol. The number of carbonyl (C=O) groups is 1. The predicted octanol–water partition coefficient (Wildman–Crippen LogP) is 2.35. The van der Waals surface area contributed by atoms with Gasteiger partial charge in [0.2, 0.25) is 5.91 Å². The van der Waals surface area contributed by atoms with E-state index in [-0.39, 0.29) is 11.9 Å². The molecule has 0 N–H and O–H groups in total. The number of nitrogens with zero attached hydrogens (tertiary/aromatic N) is 1. The molecule has 0 bridgehead atoms. The molecule has 0 radical (unpaired) electrons. The van der Waals surface area contributed by atoms with Crippen molar-refractivity contribution in [2.45, 2.75) is 39.2 Å². The minimum Gasteiger partial charge on any atom is -0.274 e. The summed E-state index contributed by atoms with van der Waals surface area (Å²) in [5.74, 6) is 0.0680. The number of unbranched alkanes of at least 4 members (excludes halogenated alkanes) is 1. The van der Waals surface area contributed by atoms with E-state index in [0.717, 1.165) is 18.2 Å². The molecule has 0 aliphatic heterocycles. The monoisotopic (exact) mass is 251 g/mol. The first kappa shape index (κ1) is 12.9. The summed E-state index contributed by atoms with van der Waals surface area (Å²) in [7, 11) is 1.53. The standard InChI is InChI=1S/C9H18BrNO2/c1-8(2)11(13-3)9(12)6-4-5-7-10/h8H,4-7H2,1-3H3. The Morgan fingerprint density at radius 1 is 1.46 bits per heavy atom. The summed E-state index contributed by atoms with van der Waals surface area (Å²) in [5.41, 5.74) is 0. The molecule has 0 unspecified atom stereocenters. The largest absolute Gasteiger partial charge is 0.274 e. The molecule has 0 atom stereocenters. The molecule has 78 valence electrons. The van der Waals surface area contributed by atoms with E-state index in [9.17, 15) is 4.79 Å². The van der Waals surface area contributed by atoms with Gasteiger partial charge in [0.05, 0.1) is 13.2 Å². The predicted molar refractivity (Wildman–Crippen MR) is 56.6 cm³/mol. The Hall–Kier alpha value is -0.0900. The summed E-state index contributed by atoms with van der Waals surface area (Å²) >= 11 is 3.33. The molecule has 0 spiro atoms. The van der Waals surface area contributed by atoms with E-state index >= 15 is 0 Å². The second-order valence-corrected chi connectivity index (χ2v) is 3.93. The van der Waals surface area contributed by atoms with Crippen LogP contribution in [0.3, 0.4) is 0 Å². The number of amides is 1. The van der Waals surface area contributed by atoms with Crippen molar-refractivity contribution in [1.82, 2.24) is 5.06 Å². The number of hydroxylamine groups is 2. The molecule has 1 amide bonds. The van der Waals surface area contributed by atoms with Crippen molar-refractivity contribution in [3.05, 3.63) is 0 Å². The van der Waals surface area contributed by atoms with Crippen molar-refractivity contribution in [2.75, 3.05) is 12.4 Å². The van der Waals surface area contributed by atoms with Gasteiger partial charge in [0.25, 0.3) is 0 Å². The maximum atomic E-state index is 11.5. The maximum absolute atomic E-state index is 11.5. The fourth-order valence-corrected chi connectivity index (χ4v) is 1.48. The Bertz CT molecular complexity index is 151. The number of hydrogen-bond acceptors (Lipinski definition) is 2. The molecule has 0 aromatic rings. The number of hydrogen-bond donors (Lipinski definition) is 0. The Morgan fingerprint density at radius 3 is 2.46 bits per heavy atom. The van der Waals surface area contributed by atoms with Gasteiger partial charge in [0.15, 0.2) is 0 Å². The van der Waals surface area contributed by atoms with Crippen molar-refractivity contribution in [3.63, 3.8) is 0 Å². The van der Waals surface area contributed by atoms with Gasteiger partial charge in [-0.05, 0) is 26.7 Å². The van der Waals surface area contributed by atoms with Crippen molar-refractivity contribution >= 4 is 21.8 Å². The van der Waals surface area contributed by atoms with Crippen LogP contribution < -0.4 is 0 Å². The van der Waals surface area contributed by atoms with E-state index in [1.54, 1.807) is 0 Å². The quantitative estimate of drug-likeness (QED) is 0.412. The summed E-state index contributed by atoms with van der Waals surface area (Å²) < 4.78 is 0. The van der Waals surface area contributed by atoms with Gasteiger partial charge in [0, 0.05) is 11.8 Å². The topological polar surface area (TPSA) is 29.5 Å². The van der Waals surface area contributed by atoms with Crippen LogP contribution in [0, 0.1) is 0 Å². The van der Waals surface area contributed by atoms with Crippen LogP contribution in [0.25, 0.3) is 0 Å². The number of halogens is 1. The normalized spacial score (nSPS) is 10.5. The molecule has 4 heteroatoms. The lowest BCUT2D eigenvalue weighted by molar-refractivity contribution is -0.185. The zero-order chi connectivity index (χ0) is 10.3. The first-order chi connectivity index (χ1) is 6.13. The third-order valence-electron chi connectivity index (χ3n) is 1.69. The maximum Gasteiger partial charge on any atom is 0.246 e. The highest BCUT2D eigenvalue weighted by atomic mass is 79.9. The smallest absolute Gasteiger partial charge is 0.246 e. The average Bonchev–Trinajstić information content (AvgIpc) is 2.05. The first-order valence-electron chi connectivity index (χ1n) is 4.55. The number of carbonyl (C=O) groups excluding carboxylic acids is 1. The third kappa shape index (κ3) is 5.26. The van der Waals surface area contributed by atoms with Gasteiger partial charge in [-0.1, -0.05) is 15.9 Å². The van der Waals surface area contributed by atoms with Crippen LogP contribution >= 0.6 is 15.9 Å². The van der Waals surface area contributed by atoms with Crippen molar-refractivity contribution in [1.29, 1.82) is 0 Å². The van der Waals surface area contributed by atoms with Crippen LogP contribution in [0.15, 0.2) is 0 Å². The van der Waals surface area contributed by atoms with Crippen LogP contribution in [-0.2, 0) is 9.63 Å². The van der Waals surface area contributed by atoms with Gasteiger partial charge >= 0.3 is 0 Å². The minimum absolute atomic E-state index is 0.0680. The van der Waals surface area contributed by atoms with Gasteiger partial charge in [0.1, 0.15) is 0 Å². The molecule has 0 fully saturated rings. The Morgan fingerprint density at radius 2 is 2.08 bits per heavy atom. The number of alkyl halides is 1. The SMILES string of the molecule is CON(C(=O)CCCCBr)C(C)C. The van der Waals surface area contributed by atoms with Gasteiger partial charge in [-0.25, -0.2) is 5.06 Å². The number of rotatable bonds is 6. The molecule has 0 aromatic heterocycles. The zero-order valence-corrected chi connectivity index (χ0v) is 10.1. The molecular weight excluding hydrogens is 234 g/mol. The fourth-order valence-electron chi connectivity index (χ4n) is 1.08. The molecular formula is C9H18BrNO2. The molecule has 0 aliphatic rings. The van der Waals surface area contributed by atoms with E-state index in [2.05, 4.69) is 15.9 Å². The van der Waals surface area contributed by atoms with Crippen LogP contribution in [0.1, 0.15) is 33.1 Å². The van der Waals surface area contributed by atoms with Gasteiger partial charge < -0.3 is 0 Å². The van der Waals surface area contributed by atoms with Crippen molar-refractivity contribution in [2.24, 2.45) is 0 Å². The molecule has 3 nitrogen and oxygen atoms in total. The second-order valence-electron chi connectivity index (χ2n) is 3.14. The summed E-state index contributed by atoms with van der Waals surface area (Å²) in [6, 6.07) is 0.112. The Kier molecular flexibility index (Phi) is 7.28. The van der Waals surface area contributed by atoms with Gasteiger partial charge in [-0.3, -0.25) is 9.63 Å². The Balaban J connectivity index is 3.78. The molecule has 0 aliphatic carbocycles. The summed E-state index contributed by atoms with van der Waals surface area (Å²) in [5, 5.41) is 2.38. The molecule has 0 aromatic carbocycles. The molecule has 0 saturated carbocycles. The van der Waals surface area contributed by atoms with E-state index < -0.39 is 0 Å². The highest BCUT2D eigenvalue weighted by Crippen LogP contribution is 2.06. The summed E-state index contributed by atoms with van der Waals surface area (Å²) in [6.07, 6.45) is 2.51.